The summed E-state index contributed by atoms with van der Waals surface area (Å²) in [4.78, 5) is 16.8. The highest BCUT2D eigenvalue weighted by atomic mass is 16.4. The number of oxazole rings is 1. The molecule has 1 unspecified atom stereocenters. The second kappa shape index (κ2) is 4.52. The fourth-order valence-corrected chi connectivity index (χ4v) is 2.37. The van der Waals surface area contributed by atoms with Crippen LogP contribution >= 0.6 is 0 Å². The second-order valence-corrected chi connectivity index (χ2v) is 4.82. The van der Waals surface area contributed by atoms with E-state index in [0.717, 1.165) is 5.39 Å². The van der Waals surface area contributed by atoms with Crippen LogP contribution in [0.1, 0.15) is 24.6 Å². The lowest BCUT2D eigenvalue weighted by molar-refractivity contribution is 0.413. The number of rotatable bonds is 2. The van der Waals surface area contributed by atoms with Crippen LogP contribution in [-0.4, -0.2) is 9.55 Å². The topological polar surface area (TPSA) is 74.1 Å². The lowest BCUT2D eigenvalue weighted by Gasteiger charge is -2.15. The van der Waals surface area contributed by atoms with E-state index in [1.807, 2.05) is 32.0 Å². The third-order valence-corrected chi connectivity index (χ3v) is 3.38. The maximum Gasteiger partial charge on any atom is 0.260 e. The van der Waals surface area contributed by atoms with Crippen LogP contribution in [0.2, 0.25) is 0 Å². The molecule has 2 N–H and O–H groups in total. The number of nitrogen functional groups attached to an aromatic ring is 1. The van der Waals surface area contributed by atoms with Gasteiger partial charge in [-0.2, -0.15) is 0 Å². The number of anilines is 1. The summed E-state index contributed by atoms with van der Waals surface area (Å²) in [5.41, 5.74) is 5.89. The van der Waals surface area contributed by atoms with Crippen molar-refractivity contribution in [2.24, 2.45) is 0 Å². The van der Waals surface area contributed by atoms with Crippen molar-refractivity contribution in [2.45, 2.75) is 19.9 Å². The summed E-state index contributed by atoms with van der Waals surface area (Å²) in [6.07, 6.45) is 1.63. The number of fused-ring (bicyclic) bond motifs is 1. The smallest absolute Gasteiger partial charge is 0.260 e. The Morgan fingerprint density at radius 1 is 1.35 bits per heavy atom. The minimum atomic E-state index is -0.346. The number of hydrogen-bond acceptors (Lipinski definition) is 4. The SMILES string of the molecule is Cc1cnc(C(C)n2c(N)cc3ccccc3c2=O)o1. The highest BCUT2D eigenvalue weighted by Crippen LogP contribution is 2.21. The Morgan fingerprint density at radius 2 is 2.10 bits per heavy atom. The molecule has 0 radical (unpaired) electrons. The Kier molecular flexibility index (Phi) is 2.82. The van der Waals surface area contributed by atoms with E-state index < -0.39 is 0 Å². The van der Waals surface area contributed by atoms with Gasteiger partial charge in [0.2, 0.25) is 5.89 Å². The third kappa shape index (κ3) is 1.87. The number of pyridine rings is 1. The second-order valence-electron chi connectivity index (χ2n) is 4.82. The summed E-state index contributed by atoms with van der Waals surface area (Å²) in [5.74, 6) is 1.59. The van der Waals surface area contributed by atoms with Crippen molar-refractivity contribution in [3.63, 3.8) is 0 Å². The molecule has 2 heterocycles. The monoisotopic (exact) mass is 269 g/mol. The van der Waals surface area contributed by atoms with E-state index in [-0.39, 0.29) is 11.6 Å². The maximum absolute atomic E-state index is 12.6. The van der Waals surface area contributed by atoms with Crippen LogP contribution < -0.4 is 11.3 Å². The lowest BCUT2D eigenvalue weighted by Crippen LogP contribution is -2.26. The van der Waals surface area contributed by atoms with Gasteiger partial charge < -0.3 is 10.2 Å². The van der Waals surface area contributed by atoms with Crippen molar-refractivity contribution >= 4 is 16.6 Å². The summed E-state index contributed by atoms with van der Waals surface area (Å²) in [6, 6.07) is 8.83. The van der Waals surface area contributed by atoms with Crippen LogP contribution in [-0.2, 0) is 0 Å². The Hall–Kier alpha value is -2.56. The predicted molar refractivity (Wildman–Crippen MR) is 77.7 cm³/mol. The molecule has 20 heavy (non-hydrogen) atoms. The molecule has 5 nitrogen and oxygen atoms in total. The number of aryl methyl sites for hydroxylation is 1. The molecule has 0 aliphatic carbocycles. The molecular weight excluding hydrogens is 254 g/mol. The number of hydrogen-bond donors (Lipinski definition) is 1. The van der Waals surface area contributed by atoms with Crippen LogP contribution in [0, 0.1) is 6.92 Å². The highest BCUT2D eigenvalue weighted by Gasteiger charge is 2.18. The largest absolute Gasteiger partial charge is 0.444 e. The van der Waals surface area contributed by atoms with Gasteiger partial charge in [0, 0.05) is 5.39 Å². The Labute approximate surface area is 115 Å². The van der Waals surface area contributed by atoms with Crippen molar-refractivity contribution in [3.8, 4) is 0 Å². The zero-order chi connectivity index (χ0) is 14.3. The molecule has 0 saturated carbocycles. The normalized spacial score (nSPS) is 12.7. The number of nitrogens with two attached hydrogens (primary N) is 1. The predicted octanol–water partition coefficient (Wildman–Crippen LogP) is 2.49. The summed E-state index contributed by atoms with van der Waals surface area (Å²) in [7, 11) is 0. The quantitative estimate of drug-likeness (QED) is 0.775. The van der Waals surface area contributed by atoms with E-state index in [4.69, 9.17) is 10.2 Å². The molecular formula is C15H15N3O2. The van der Waals surface area contributed by atoms with Gasteiger partial charge in [-0.05, 0) is 31.4 Å². The van der Waals surface area contributed by atoms with Crippen LogP contribution in [0.4, 0.5) is 5.82 Å². The average Bonchev–Trinajstić information content (AvgIpc) is 2.85. The van der Waals surface area contributed by atoms with Gasteiger partial charge in [-0.15, -0.1) is 0 Å². The number of benzene rings is 1. The lowest BCUT2D eigenvalue weighted by atomic mass is 10.1. The number of aromatic nitrogens is 2. The Morgan fingerprint density at radius 3 is 2.80 bits per heavy atom. The summed E-state index contributed by atoms with van der Waals surface area (Å²) in [6.45, 7) is 3.66. The first-order valence-electron chi connectivity index (χ1n) is 6.40. The molecule has 2 aromatic heterocycles. The van der Waals surface area contributed by atoms with E-state index in [1.165, 1.54) is 4.57 Å². The molecule has 0 amide bonds. The Bertz CT molecular complexity index is 832. The fourth-order valence-electron chi connectivity index (χ4n) is 2.37. The molecule has 0 aliphatic heterocycles. The molecule has 0 fully saturated rings. The van der Waals surface area contributed by atoms with E-state index in [2.05, 4.69) is 4.98 Å². The van der Waals surface area contributed by atoms with Crippen LogP contribution in [0.15, 0.2) is 45.7 Å². The van der Waals surface area contributed by atoms with E-state index in [0.29, 0.717) is 22.9 Å². The third-order valence-electron chi connectivity index (χ3n) is 3.38. The summed E-state index contributed by atoms with van der Waals surface area (Å²) < 4.78 is 7.00. The highest BCUT2D eigenvalue weighted by molar-refractivity contribution is 5.83. The van der Waals surface area contributed by atoms with Gasteiger partial charge in [0.1, 0.15) is 17.6 Å². The summed E-state index contributed by atoms with van der Waals surface area (Å²) >= 11 is 0. The first kappa shape index (κ1) is 12.5. The minimum absolute atomic E-state index is 0.135. The van der Waals surface area contributed by atoms with E-state index >= 15 is 0 Å². The Balaban J connectivity index is 2.23. The van der Waals surface area contributed by atoms with Gasteiger partial charge >= 0.3 is 0 Å². The first-order valence-corrected chi connectivity index (χ1v) is 6.40. The van der Waals surface area contributed by atoms with Gasteiger partial charge in [-0.1, -0.05) is 18.2 Å². The molecule has 1 atom stereocenters. The van der Waals surface area contributed by atoms with Gasteiger partial charge in [-0.3, -0.25) is 9.36 Å². The van der Waals surface area contributed by atoms with Crippen molar-refractivity contribution in [1.29, 1.82) is 0 Å². The van der Waals surface area contributed by atoms with Crippen molar-refractivity contribution in [3.05, 3.63) is 58.5 Å². The zero-order valence-electron chi connectivity index (χ0n) is 11.3. The molecule has 0 bridgehead atoms. The van der Waals surface area contributed by atoms with Crippen LogP contribution in [0.5, 0.6) is 0 Å². The molecule has 3 rings (SSSR count). The standard InChI is InChI=1S/C15H15N3O2/c1-9-8-17-14(20-9)10(2)18-13(16)7-11-5-3-4-6-12(11)15(18)19/h3-8,10H,16H2,1-2H3. The van der Waals surface area contributed by atoms with E-state index in [9.17, 15) is 4.79 Å². The van der Waals surface area contributed by atoms with Gasteiger partial charge in [-0.25, -0.2) is 4.98 Å². The molecule has 102 valence electrons. The maximum atomic E-state index is 12.6. The fraction of sp³-hybridized carbons (Fsp3) is 0.200. The van der Waals surface area contributed by atoms with Gasteiger partial charge in [0.25, 0.3) is 5.56 Å². The van der Waals surface area contributed by atoms with Crippen molar-refractivity contribution in [1.82, 2.24) is 9.55 Å². The molecule has 0 saturated heterocycles. The molecule has 0 aliphatic rings. The molecule has 1 aromatic carbocycles. The molecule has 3 aromatic rings. The summed E-state index contributed by atoms with van der Waals surface area (Å²) in [5, 5.41) is 1.47. The molecule has 0 spiro atoms. The van der Waals surface area contributed by atoms with Crippen LogP contribution in [0.25, 0.3) is 10.8 Å². The van der Waals surface area contributed by atoms with Gasteiger partial charge in [0.05, 0.1) is 6.20 Å². The number of nitrogens with zero attached hydrogens (tertiary/aromatic N) is 2. The zero-order valence-corrected chi connectivity index (χ0v) is 11.3. The van der Waals surface area contributed by atoms with E-state index in [1.54, 1.807) is 18.3 Å². The minimum Gasteiger partial charge on any atom is -0.444 e. The average molecular weight is 269 g/mol. The molecule has 5 heteroatoms. The first-order chi connectivity index (χ1) is 9.58. The van der Waals surface area contributed by atoms with Crippen LogP contribution in [0.3, 0.4) is 0 Å². The van der Waals surface area contributed by atoms with Crippen molar-refractivity contribution < 1.29 is 4.42 Å². The van der Waals surface area contributed by atoms with Crippen molar-refractivity contribution in [2.75, 3.05) is 5.73 Å². The van der Waals surface area contributed by atoms with Gasteiger partial charge in [0.15, 0.2) is 0 Å².